The molecule has 0 aliphatic heterocycles. The van der Waals surface area contributed by atoms with Crippen LogP contribution >= 0.6 is 0 Å². The van der Waals surface area contributed by atoms with E-state index in [0.29, 0.717) is 0 Å². The molecule has 10 aromatic carbocycles. The molecule has 13 rings (SSSR count). The predicted octanol–water partition coefficient (Wildman–Crippen LogP) is 16.2. The summed E-state index contributed by atoms with van der Waals surface area (Å²) < 4.78 is 0. The van der Waals surface area contributed by atoms with Gasteiger partial charge in [0.25, 0.3) is 0 Å². The van der Waals surface area contributed by atoms with Crippen molar-refractivity contribution >= 4 is 17.1 Å². The van der Waals surface area contributed by atoms with E-state index in [1.165, 1.54) is 94.7 Å². The molecule has 0 atom stereocenters. The summed E-state index contributed by atoms with van der Waals surface area (Å²) in [5.41, 5.74) is 23.1. The fraction of sp³-hybridized carbons (Fsp3) is 0.0769. The lowest BCUT2D eigenvalue weighted by molar-refractivity contribution is 0.564. The number of rotatable bonds is 6. The van der Waals surface area contributed by atoms with E-state index in [9.17, 15) is 0 Å². The lowest BCUT2D eigenvalue weighted by Crippen LogP contribution is -2.41. The van der Waals surface area contributed by atoms with E-state index in [1.54, 1.807) is 0 Å². The Hall–Kier alpha value is -8.00. The maximum atomic E-state index is 2.49. The normalized spacial score (nSPS) is 14.9. The van der Waals surface area contributed by atoms with Gasteiger partial charge in [0.15, 0.2) is 0 Å². The van der Waals surface area contributed by atoms with Gasteiger partial charge in [-0.1, -0.05) is 226 Å². The van der Waals surface area contributed by atoms with Gasteiger partial charge in [0.2, 0.25) is 0 Å². The highest BCUT2D eigenvalue weighted by atomic mass is 15.1. The zero-order valence-electron chi connectivity index (χ0n) is 37.1. The van der Waals surface area contributed by atoms with Crippen molar-refractivity contribution in [2.75, 3.05) is 4.90 Å². The standard InChI is InChI=1S/C65H47N/c1-63(2)57-33-18-19-34-58(57)65(55-31-16-13-27-50(55)51-28-14-17-32-56(51)65)59-35-20-36-61(62(59)63)66(48-25-10-5-11-26-48)49-40-37-44(38-41-49)45-39-42-53-52-29-12-15-30-54(52)64(60(53)43-45,46-21-6-3-7-22-46)47-23-8-4-9-24-47/h3-43H,1-2H3. The van der Waals surface area contributed by atoms with E-state index in [0.717, 1.165) is 11.4 Å². The average molecular weight is 842 g/mol. The third-order valence-electron chi connectivity index (χ3n) is 15.2. The molecule has 0 unspecified atom stereocenters. The Balaban J connectivity index is 0.997. The van der Waals surface area contributed by atoms with Gasteiger partial charge < -0.3 is 4.90 Å². The first-order valence-electron chi connectivity index (χ1n) is 23.3. The molecule has 0 amide bonds. The summed E-state index contributed by atoms with van der Waals surface area (Å²) in [6.07, 6.45) is 0. The maximum Gasteiger partial charge on any atom is 0.0720 e. The van der Waals surface area contributed by atoms with Crippen LogP contribution in [-0.2, 0) is 16.2 Å². The molecule has 0 aromatic heterocycles. The molecule has 0 saturated carbocycles. The van der Waals surface area contributed by atoms with Gasteiger partial charge in [-0.2, -0.15) is 0 Å². The minimum absolute atomic E-state index is 0.320. The highest BCUT2D eigenvalue weighted by Gasteiger charge is 2.54. The van der Waals surface area contributed by atoms with E-state index >= 15 is 0 Å². The van der Waals surface area contributed by atoms with E-state index in [2.05, 4.69) is 267 Å². The molecule has 0 saturated heterocycles. The third-order valence-corrected chi connectivity index (χ3v) is 15.2. The fourth-order valence-electron chi connectivity index (χ4n) is 12.6. The summed E-state index contributed by atoms with van der Waals surface area (Å²) in [5.74, 6) is 0. The van der Waals surface area contributed by atoms with Crippen molar-refractivity contribution in [2.45, 2.75) is 30.1 Å². The second kappa shape index (κ2) is 14.5. The molecule has 0 fully saturated rings. The summed E-state index contributed by atoms with van der Waals surface area (Å²) in [4.78, 5) is 2.49. The second-order valence-corrected chi connectivity index (χ2v) is 18.7. The molecule has 1 spiro atoms. The topological polar surface area (TPSA) is 3.24 Å². The van der Waals surface area contributed by atoms with Gasteiger partial charge in [0, 0.05) is 16.8 Å². The smallest absolute Gasteiger partial charge is 0.0720 e. The van der Waals surface area contributed by atoms with Crippen LogP contribution in [0.15, 0.2) is 249 Å². The lowest BCUT2D eigenvalue weighted by Gasteiger charge is -2.48. The van der Waals surface area contributed by atoms with Gasteiger partial charge in [-0.25, -0.2) is 0 Å². The SMILES string of the molecule is CC1(C)c2ccccc2C2(c3ccccc3-c3ccccc32)c2cccc(N(c3ccccc3)c3ccc(-c4ccc5c(c4)C(c4ccccc4)(c4ccccc4)c4ccccc4-5)cc3)c21. The Bertz CT molecular complexity index is 3410. The number of benzene rings is 10. The van der Waals surface area contributed by atoms with Crippen molar-refractivity contribution in [3.8, 4) is 33.4 Å². The van der Waals surface area contributed by atoms with Gasteiger partial charge in [0.1, 0.15) is 0 Å². The zero-order valence-corrected chi connectivity index (χ0v) is 37.1. The minimum Gasteiger partial charge on any atom is -0.310 e. The number of hydrogen-bond acceptors (Lipinski definition) is 1. The number of para-hydroxylation sites is 1. The van der Waals surface area contributed by atoms with Crippen LogP contribution in [0.4, 0.5) is 17.1 Å². The van der Waals surface area contributed by atoms with Crippen LogP contribution in [0.5, 0.6) is 0 Å². The van der Waals surface area contributed by atoms with Crippen LogP contribution in [0, 0.1) is 0 Å². The summed E-state index contributed by atoms with van der Waals surface area (Å²) in [6.45, 7) is 4.86. The van der Waals surface area contributed by atoms with Crippen molar-refractivity contribution in [1.82, 2.24) is 0 Å². The molecule has 66 heavy (non-hydrogen) atoms. The van der Waals surface area contributed by atoms with E-state index in [4.69, 9.17) is 0 Å². The molecule has 1 heteroatoms. The Kier molecular flexibility index (Phi) is 8.45. The van der Waals surface area contributed by atoms with Crippen molar-refractivity contribution in [2.24, 2.45) is 0 Å². The van der Waals surface area contributed by atoms with Crippen LogP contribution in [0.25, 0.3) is 33.4 Å². The molecule has 10 aromatic rings. The predicted molar refractivity (Wildman–Crippen MR) is 273 cm³/mol. The van der Waals surface area contributed by atoms with Crippen LogP contribution in [0.1, 0.15) is 69.5 Å². The molecule has 0 radical (unpaired) electrons. The molecule has 0 N–H and O–H groups in total. The van der Waals surface area contributed by atoms with Crippen LogP contribution < -0.4 is 4.90 Å². The summed E-state index contributed by atoms with van der Waals surface area (Å²) >= 11 is 0. The van der Waals surface area contributed by atoms with Gasteiger partial charge in [-0.3, -0.25) is 0 Å². The molecule has 3 aliphatic rings. The van der Waals surface area contributed by atoms with Gasteiger partial charge in [-0.15, -0.1) is 0 Å². The zero-order chi connectivity index (χ0) is 44.0. The monoisotopic (exact) mass is 841 g/mol. The van der Waals surface area contributed by atoms with E-state index < -0.39 is 10.8 Å². The molecular weight excluding hydrogens is 795 g/mol. The molecular formula is C65H47N. The minimum atomic E-state index is -0.473. The Morgan fingerprint density at radius 3 is 1.29 bits per heavy atom. The largest absolute Gasteiger partial charge is 0.310 e. The molecule has 0 heterocycles. The van der Waals surface area contributed by atoms with Crippen molar-refractivity contribution in [3.63, 3.8) is 0 Å². The Labute approximate surface area is 388 Å². The maximum absolute atomic E-state index is 2.49. The summed E-state index contributed by atoms with van der Waals surface area (Å²) in [7, 11) is 0. The Morgan fingerprint density at radius 2 is 0.712 bits per heavy atom. The summed E-state index contributed by atoms with van der Waals surface area (Å²) in [6, 6.07) is 93.0. The lowest BCUT2D eigenvalue weighted by atomic mass is 9.55. The van der Waals surface area contributed by atoms with Gasteiger partial charge in [-0.05, 0) is 125 Å². The van der Waals surface area contributed by atoms with Gasteiger partial charge in [0.05, 0.1) is 16.5 Å². The molecule has 312 valence electrons. The van der Waals surface area contributed by atoms with Crippen LogP contribution in [0.2, 0.25) is 0 Å². The van der Waals surface area contributed by atoms with Crippen molar-refractivity contribution < 1.29 is 0 Å². The fourth-order valence-corrected chi connectivity index (χ4v) is 12.6. The van der Waals surface area contributed by atoms with Gasteiger partial charge >= 0.3 is 0 Å². The number of nitrogens with zero attached hydrogens (tertiary/aromatic N) is 1. The average Bonchev–Trinajstić information content (AvgIpc) is 3.85. The first-order chi connectivity index (χ1) is 32.5. The summed E-state index contributed by atoms with van der Waals surface area (Å²) in [5, 5.41) is 0. The van der Waals surface area contributed by atoms with Crippen LogP contribution in [-0.4, -0.2) is 0 Å². The number of hydrogen-bond donors (Lipinski definition) is 0. The Morgan fingerprint density at radius 1 is 0.288 bits per heavy atom. The van der Waals surface area contributed by atoms with Crippen molar-refractivity contribution in [3.05, 3.63) is 304 Å². The van der Waals surface area contributed by atoms with Crippen LogP contribution in [0.3, 0.4) is 0 Å². The molecule has 3 aliphatic carbocycles. The van der Waals surface area contributed by atoms with Crippen molar-refractivity contribution in [1.29, 1.82) is 0 Å². The third kappa shape index (κ3) is 5.17. The highest BCUT2D eigenvalue weighted by molar-refractivity contribution is 5.92. The number of anilines is 3. The highest BCUT2D eigenvalue weighted by Crippen LogP contribution is 2.64. The molecule has 1 nitrogen and oxygen atoms in total. The second-order valence-electron chi connectivity index (χ2n) is 18.7. The molecule has 0 bridgehead atoms. The van der Waals surface area contributed by atoms with E-state index in [-0.39, 0.29) is 5.41 Å². The number of fused-ring (bicyclic) bond motifs is 12. The first kappa shape index (κ1) is 38.5. The quantitative estimate of drug-likeness (QED) is 0.161. The first-order valence-corrected chi connectivity index (χ1v) is 23.3. The van der Waals surface area contributed by atoms with E-state index in [1.807, 2.05) is 0 Å².